The van der Waals surface area contributed by atoms with Crippen molar-refractivity contribution in [2.24, 2.45) is 4.99 Å². The first-order valence-corrected chi connectivity index (χ1v) is 12.2. The highest BCUT2D eigenvalue weighted by atomic mass is 35.5. The van der Waals surface area contributed by atoms with Gasteiger partial charge in [-0.1, -0.05) is 49.2 Å². The number of fused-ring (bicyclic) bond motifs is 1. The van der Waals surface area contributed by atoms with Crippen molar-refractivity contribution in [1.29, 1.82) is 0 Å². The van der Waals surface area contributed by atoms with Gasteiger partial charge < -0.3 is 9.64 Å². The monoisotopic (exact) mass is 480 g/mol. The summed E-state index contributed by atoms with van der Waals surface area (Å²) in [6.07, 6.45) is 4.07. The molecule has 0 N–H and O–H groups in total. The van der Waals surface area contributed by atoms with E-state index in [1.165, 1.54) is 11.3 Å². The molecule has 0 radical (unpaired) electrons. The smallest absolute Gasteiger partial charge is 0.146 e. The van der Waals surface area contributed by atoms with E-state index in [2.05, 4.69) is 49.7 Å². The maximum atomic E-state index is 6.71. The summed E-state index contributed by atoms with van der Waals surface area (Å²) in [6.45, 7) is 10.2. The Morgan fingerprint density at radius 2 is 1.79 bits per heavy atom. The Labute approximate surface area is 207 Å². The molecule has 0 spiro atoms. The number of anilines is 1. The van der Waals surface area contributed by atoms with Crippen LogP contribution < -0.4 is 9.64 Å². The number of halogens is 2. The Hall–Kier alpha value is -2.49. The lowest BCUT2D eigenvalue weighted by molar-refractivity contribution is 0.376. The third kappa shape index (κ3) is 5.20. The Bertz CT molecular complexity index is 1160. The average molecular weight is 481 g/mol. The lowest BCUT2D eigenvalue weighted by atomic mass is 9.79. The van der Waals surface area contributed by atoms with Crippen LogP contribution in [0.4, 0.5) is 11.4 Å². The normalized spacial score (nSPS) is 17.3. The summed E-state index contributed by atoms with van der Waals surface area (Å²) in [5, 5.41) is 1.30. The Kier molecular flexibility index (Phi) is 7.02. The molecule has 4 rings (SSSR count). The molecule has 0 aliphatic carbocycles. The first-order valence-electron chi connectivity index (χ1n) is 11.5. The minimum Gasteiger partial charge on any atom is -0.456 e. The second-order valence-electron chi connectivity index (χ2n) is 9.29. The Morgan fingerprint density at radius 3 is 2.48 bits per heavy atom. The number of hydrogen-bond acceptors (Lipinski definition) is 3. The molecule has 0 amide bonds. The van der Waals surface area contributed by atoms with Crippen LogP contribution in [0.2, 0.25) is 10.0 Å². The molecule has 3 nitrogen and oxygen atoms in total. The van der Waals surface area contributed by atoms with Gasteiger partial charge in [0, 0.05) is 29.5 Å². The molecule has 1 aliphatic heterocycles. The third-order valence-electron chi connectivity index (χ3n) is 6.21. The first kappa shape index (κ1) is 23.7. The Balaban J connectivity index is 1.55. The standard InChI is InChI=1S/C28H30Cl2N2O/c1-5-14-32-26-16-25(30)20(15-23(26)19(2)17-28(32,3)4)18-31-21-10-12-22(13-11-21)33-27-9-7-6-8-24(27)29/h6-13,15-16,18-19H,5,14,17H2,1-4H3. The zero-order chi connectivity index (χ0) is 23.6. The van der Waals surface area contributed by atoms with E-state index in [4.69, 9.17) is 27.9 Å². The van der Waals surface area contributed by atoms with E-state index in [-0.39, 0.29) is 5.54 Å². The molecule has 0 saturated heterocycles. The summed E-state index contributed by atoms with van der Waals surface area (Å²) < 4.78 is 5.86. The van der Waals surface area contributed by atoms with Gasteiger partial charge in [0.2, 0.25) is 0 Å². The summed E-state index contributed by atoms with van der Waals surface area (Å²) in [4.78, 5) is 7.16. The van der Waals surface area contributed by atoms with E-state index in [1.807, 2.05) is 48.7 Å². The predicted molar refractivity (Wildman–Crippen MR) is 141 cm³/mol. The van der Waals surface area contributed by atoms with Crippen LogP contribution in [-0.4, -0.2) is 18.3 Å². The second-order valence-corrected chi connectivity index (χ2v) is 10.1. The minimum absolute atomic E-state index is 0.120. The molecule has 3 aromatic carbocycles. The maximum Gasteiger partial charge on any atom is 0.146 e. The number of hydrogen-bond donors (Lipinski definition) is 0. The molecule has 0 bridgehead atoms. The summed E-state index contributed by atoms with van der Waals surface area (Å²) in [6, 6.07) is 19.4. The van der Waals surface area contributed by atoms with Crippen molar-refractivity contribution in [2.75, 3.05) is 11.4 Å². The van der Waals surface area contributed by atoms with E-state index in [9.17, 15) is 0 Å². The molecule has 172 valence electrons. The maximum absolute atomic E-state index is 6.71. The molecular weight excluding hydrogens is 451 g/mol. The van der Waals surface area contributed by atoms with Crippen molar-refractivity contribution in [3.8, 4) is 11.5 Å². The number of aliphatic imine (C=N–C) groups is 1. The molecule has 1 aliphatic rings. The molecule has 1 unspecified atom stereocenters. The van der Waals surface area contributed by atoms with Crippen molar-refractivity contribution >= 4 is 40.8 Å². The van der Waals surface area contributed by atoms with E-state index in [0.29, 0.717) is 22.4 Å². The molecular formula is C28H30Cl2N2O. The predicted octanol–water partition coefficient (Wildman–Crippen LogP) is 9.04. The van der Waals surface area contributed by atoms with Gasteiger partial charge in [0.25, 0.3) is 0 Å². The van der Waals surface area contributed by atoms with E-state index < -0.39 is 0 Å². The van der Waals surface area contributed by atoms with Crippen LogP contribution in [0.25, 0.3) is 0 Å². The van der Waals surface area contributed by atoms with Crippen molar-refractivity contribution in [2.45, 2.75) is 52.0 Å². The van der Waals surface area contributed by atoms with Gasteiger partial charge in [-0.2, -0.15) is 0 Å². The van der Waals surface area contributed by atoms with Gasteiger partial charge in [-0.05, 0) is 86.7 Å². The van der Waals surface area contributed by atoms with Gasteiger partial charge in [-0.15, -0.1) is 0 Å². The van der Waals surface area contributed by atoms with E-state index in [1.54, 1.807) is 6.07 Å². The molecule has 3 aromatic rings. The van der Waals surface area contributed by atoms with Gasteiger partial charge in [0.05, 0.1) is 15.7 Å². The van der Waals surface area contributed by atoms with Gasteiger partial charge in [0.15, 0.2) is 0 Å². The number of para-hydroxylation sites is 1. The molecule has 1 heterocycles. The van der Waals surface area contributed by atoms with E-state index >= 15 is 0 Å². The molecule has 0 saturated carbocycles. The quantitative estimate of drug-likeness (QED) is 0.328. The largest absolute Gasteiger partial charge is 0.456 e. The number of ether oxygens (including phenoxy) is 1. The van der Waals surface area contributed by atoms with Gasteiger partial charge in [0.1, 0.15) is 11.5 Å². The summed E-state index contributed by atoms with van der Waals surface area (Å²) in [5.74, 6) is 1.81. The highest BCUT2D eigenvalue weighted by Crippen LogP contribution is 2.45. The van der Waals surface area contributed by atoms with Gasteiger partial charge in [-0.25, -0.2) is 0 Å². The summed E-state index contributed by atoms with van der Waals surface area (Å²) in [5.41, 5.74) is 4.49. The lowest BCUT2D eigenvalue weighted by Gasteiger charge is -2.47. The molecule has 5 heteroatoms. The Morgan fingerprint density at radius 1 is 1.06 bits per heavy atom. The molecule has 33 heavy (non-hydrogen) atoms. The third-order valence-corrected chi connectivity index (χ3v) is 6.84. The fourth-order valence-electron chi connectivity index (χ4n) is 4.67. The zero-order valence-corrected chi connectivity index (χ0v) is 21.1. The van der Waals surface area contributed by atoms with Gasteiger partial charge >= 0.3 is 0 Å². The van der Waals surface area contributed by atoms with Crippen LogP contribution in [0.15, 0.2) is 65.7 Å². The fraction of sp³-hybridized carbons (Fsp3) is 0.321. The highest BCUT2D eigenvalue weighted by molar-refractivity contribution is 6.33. The van der Waals surface area contributed by atoms with Crippen LogP contribution in [0.5, 0.6) is 11.5 Å². The van der Waals surface area contributed by atoms with Crippen LogP contribution in [0.3, 0.4) is 0 Å². The topological polar surface area (TPSA) is 24.8 Å². The van der Waals surface area contributed by atoms with Crippen molar-refractivity contribution < 1.29 is 4.74 Å². The zero-order valence-electron chi connectivity index (χ0n) is 19.6. The van der Waals surface area contributed by atoms with Gasteiger partial charge in [-0.3, -0.25) is 4.99 Å². The lowest BCUT2D eigenvalue weighted by Crippen LogP contribution is -2.48. The van der Waals surface area contributed by atoms with Crippen molar-refractivity contribution in [3.63, 3.8) is 0 Å². The van der Waals surface area contributed by atoms with E-state index in [0.717, 1.165) is 35.7 Å². The highest BCUT2D eigenvalue weighted by Gasteiger charge is 2.36. The van der Waals surface area contributed by atoms with Crippen LogP contribution in [-0.2, 0) is 0 Å². The number of rotatable bonds is 6. The SMILES string of the molecule is CCCN1c2cc(Cl)c(C=Nc3ccc(Oc4ccccc4Cl)cc3)cc2C(C)CC1(C)C. The van der Waals surface area contributed by atoms with Crippen molar-refractivity contribution in [3.05, 3.63) is 81.8 Å². The minimum atomic E-state index is 0.120. The molecule has 0 fully saturated rings. The summed E-state index contributed by atoms with van der Waals surface area (Å²) in [7, 11) is 0. The van der Waals surface area contributed by atoms with Crippen LogP contribution in [0, 0.1) is 0 Å². The molecule has 0 aromatic heterocycles. The van der Waals surface area contributed by atoms with Crippen LogP contribution >= 0.6 is 23.2 Å². The molecule has 1 atom stereocenters. The second kappa shape index (κ2) is 9.79. The average Bonchev–Trinajstić information content (AvgIpc) is 2.78. The number of nitrogens with zero attached hydrogens (tertiary/aromatic N) is 2. The van der Waals surface area contributed by atoms with Crippen LogP contribution in [0.1, 0.15) is 57.6 Å². The fourth-order valence-corrected chi connectivity index (χ4v) is 5.05. The summed E-state index contributed by atoms with van der Waals surface area (Å²) >= 11 is 12.9. The first-order chi connectivity index (χ1) is 15.8. The van der Waals surface area contributed by atoms with Crippen molar-refractivity contribution in [1.82, 2.24) is 0 Å². The number of benzene rings is 3.